The Balaban J connectivity index is 2.30. The van der Waals surface area contributed by atoms with Gasteiger partial charge in [0.1, 0.15) is 5.15 Å². The SMILES string of the molecule is COC(=O)c1nc(Cl)cc(NCc2ccccc2[N+](=O)[O-])c1Br. The molecular weight excluding hydrogens is 390 g/mol. The Morgan fingerprint density at radius 3 is 2.83 bits per heavy atom. The molecule has 23 heavy (non-hydrogen) atoms. The molecule has 0 spiro atoms. The van der Waals surface area contributed by atoms with Gasteiger partial charge in [0, 0.05) is 18.2 Å². The van der Waals surface area contributed by atoms with Gasteiger partial charge in [-0.15, -0.1) is 0 Å². The van der Waals surface area contributed by atoms with Gasteiger partial charge < -0.3 is 10.1 Å². The maximum Gasteiger partial charge on any atom is 0.357 e. The average Bonchev–Trinajstić information content (AvgIpc) is 2.54. The van der Waals surface area contributed by atoms with E-state index in [1.165, 1.54) is 19.2 Å². The molecule has 0 fully saturated rings. The number of ether oxygens (including phenoxy) is 1. The second-order valence-corrected chi connectivity index (χ2v) is 5.57. The summed E-state index contributed by atoms with van der Waals surface area (Å²) in [6, 6.07) is 7.87. The molecule has 2 aromatic rings. The molecule has 0 aliphatic rings. The molecule has 2 rings (SSSR count). The molecule has 9 heteroatoms. The van der Waals surface area contributed by atoms with Gasteiger partial charge in [-0.2, -0.15) is 0 Å². The summed E-state index contributed by atoms with van der Waals surface area (Å²) in [6.45, 7) is 0.177. The van der Waals surface area contributed by atoms with Crippen LogP contribution in [0.5, 0.6) is 0 Å². The Bertz CT molecular complexity index is 770. The third kappa shape index (κ3) is 3.96. The van der Waals surface area contributed by atoms with Gasteiger partial charge in [-0.3, -0.25) is 10.1 Å². The van der Waals surface area contributed by atoms with Gasteiger partial charge in [-0.1, -0.05) is 29.8 Å². The number of carbonyl (C=O) groups excluding carboxylic acids is 1. The van der Waals surface area contributed by atoms with Crippen molar-refractivity contribution in [2.75, 3.05) is 12.4 Å². The van der Waals surface area contributed by atoms with Crippen molar-refractivity contribution < 1.29 is 14.5 Å². The minimum atomic E-state index is -0.645. The lowest BCUT2D eigenvalue weighted by Gasteiger charge is -2.11. The number of anilines is 1. The largest absolute Gasteiger partial charge is 0.464 e. The standard InChI is InChI=1S/C14H11BrClN3O4/c1-23-14(20)13-12(15)9(6-11(16)18-13)17-7-8-4-2-3-5-10(8)19(21)22/h2-6H,7H2,1H3,(H,17,18). The van der Waals surface area contributed by atoms with E-state index < -0.39 is 10.9 Å². The highest BCUT2D eigenvalue weighted by atomic mass is 79.9. The monoisotopic (exact) mass is 399 g/mol. The molecule has 0 aliphatic heterocycles. The summed E-state index contributed by atoms with van der Waals surface area (Å²) in [5.41, 5.74) is 0.995. The fourth-order valence-electron chi connectivity index (χ4n) is 1.89. The van der Waals surface area contributed by atoms with Crippen molar-refractivity contribution >= 4 is 44.9 Å². The fourth-order valence-corrected chi connectivity index (χ4v) is 2.59. The van der Waals surface area contributed by atoms with Crippen LogP contribution in [0.1, 0.15) is 16.1 Å². The Hall–Kier alpha value is -2.19. The van der Waals surface area contributed by atoms with Crippen molar-refractivity contribution in [2.24, 2.45) is 0 Å². The number of nitrogens with zero attached hydrogens (tertiary/aromatic N) is 2. The first kappa shape index (κ1) is 17.2. The number of hydrogen-bond acceptors (Lipinski definition) is 6. The quantitative estimate of drug-likeness (QED) is 0.355. The minimum Gasteiger partial charge on any atom is -0.464 e. The van der Waals surface area contributed by atoms with E-state index in [2.05, 4.69) is 31.0 Å². The number of benzene rings is 1. The highest BCUT2D eigenvalue weighted by Crippen LogP contribution is 2.30. The fraction of sp³-hybridized carbons (Fsp3) is 0.143. The normalized spacial score (nSPS) is 10.2. The molecule has 0 amide bonds. The van der Waals surface area contributed by atoms with Crippen molar-refractivity contribution in [3.05, 3.63) is 61.3 Å². The molecule has 1 aromatic carbocycles. The van der Waals surface area contributed by atoms with Crippen molar-refractivity contribution in [3.8, 4) is 0 Å². The van der Waals surface area contributed by atoms with Crippen molar-refractivity contribution in [1.29, 1.82) is 0 Å². The molecule has 0 aliphatic carbocycles. The van der Waals surface area contributed by atoms with E-state index in [-0.39, 0.29) is 23.1 Å². The van der Waals surface area contributed by atoms with E-state index in [0.717, 1.165) is 0 Å². The first-order valence-corrected chi connectivity index (χ1v) is 7.51. The first-order valence-electron chi connectivity index (χ1n) is 6.34. The third-order valence-electron chi connectivity index (χ3n) is 2.96. The van der Waals surface area contributed by atoms with E-state index in [4.69, 9.17) is 11.6 Å². The lowest BCUT2D eigenvalue weighted by atomic mass is 10.2. The van der Waals surface area contributed by atoms with Crippen LogP contribution in [-0.4, -0.2) is 23.0 Å². The van der Waals surface area contributed by atoms with Gasteiger partial charge in [-0.05, 0) is 22.0 Å². The molecule has 0 radical (unpaired) electrons. The van der Waals surface area contributed by atoms with Crippen molar-refractivity contribution in [3.63, 3.8) is 0 Å². The summed E-state index contributed by atoms with van der Waals surface area (Å²) in [6.07, 6.45) is 0. The van der Waals surface area contributed by atoms with Crippen LogP contribution in [0.15, 0.2) is 34.8 Å². The lowest BCUT2D eigenvalue weighted by Crippen LogP contribution is -2.09. The lowest BCUT2D eigenvalue weighted by molar-refractivity contribution is -0.385. The number of halogens is 2. The number of rotatable bonds is 5. The molecule has 120 valence electrons. The number of nitro groups is 1. The molecule has 0 atom stereocenters. The van der Waals surface area contributed by atoms with Crippen molar-refractivity contribution in [1.82, 2.24) is 4.98 Å². The number of pyridine rings is 1. The number of nitro benzene ring substituents is 1. The molecule has 0 unspecified atom stereocenters. The van der Waals surface area contributed by atoms with E-state index in [1.807, 2.05) is 0 Å². The predicted octanol–water partition coefficient (Wildman–Crippen LogP) is 3.80. The van der Waals surface area contributed by atoms with Gasteiger partial charge in [0.2, 0.25) is 0 Å². The topological polar surface area (TPSA) is 94.4 Å². The summed E-state index contributed by atoms with van der Waals surface area (Å²) < 4.78 is 5.00. The van der Waals surface area contributed by atoms with Crippen LogP contribution < -0.4 is 5.32 Å². The average molecular weight is 401 g/mol. The molecule has 1 N–H and O–H groups in total. The molecule has 0 saturated carbocycles. The molecular formula is C14H11BrClN3O4. The van der Waals surface area contributed by atoms with Crippen LogP contribution in [0, 0.1) is 10.1 Å². The third-order valence-corrected chi connectivity index (χ3v) is 3.96. The van der Waals surface area contributed by atoms with Gasteiger partial charge in [0.05, 0.1) is 22.2 Å². The van der Waals surface area contributed by atoms with Crippen molar-refractivity contribution in [2.45, 2.75) is 6.54 Å². The zero-order chi connectivity index (χ0) is 17.0. The van der Waals surface area contributed by atoms with E-state index in [0.29, 0.717) is 15.7 Å². The highest BCUT2D eigenvalue weighted by Gasteiger charge is 2.18. The van der Waals surface area contributed by atoms with E-state index in [1.54, 1.807) is 18.2 Å². The van der Waals surface area contributed by atoms with Crippen LogP contribution in [-0.2, 0) is 11.3 Å². The Morgan fingerprint density at radius 1 is 1.48 bits per heavy atom. The number of aromatic nitrogens is 1. The maximum absolute atomic E-state index is 11.7. The highest BCUT2D eigenvalue weighted by molar-refractivity contribution is 9.10. The molecule has 7 nitrogen and oxygen atoms in total. The molecule has 1 heterocycles. The zero-order valence-corrected chi connectivity index (χ0v) is 14.2. The van der Waals surface area contributed by atoms with E-state index in [9.17, 15) is 14.9 Å². The number of para-hydroxylation sites is 1. The molecule has 0 bridgehead atoms. The Morgan fingerprint density at radius 2 is 2.17 bits per heavy atom. The van der Waals surface area contributed by atoms with Crippen LogP contribution in [0.4, 0.5) is 11.4 Å². The number of methoxy groups -OCH3 is 1. The summed E-state index contributed by atoms with van der Waals surface area (Å²) in [5, 5.41) is 14.1. The van der Waals surface area contributed by atoms with Gasteiger partial charge in [0.15, 0.2) is 5.69 Å². The Kier molecular flexibility index (Phi) is 5.51. The summed E-state index contributed by atoms with van der Waals surface area (Å²) in [5.74, 6) is -0.645. The van der Waals surface area contributed by atoms with Crippen LogP contribution in [0.2, 0.25) is 5.15 Å². The number of hydrogen-bond donors (Lipinski definition) is 1. The van der Waals surface area contributed by atoms with Crippen LogP contribution >= 0.6 is 27.5 Å². The number of nitrogens with one attached hydrogen (secondary N) is 1. The van der Waals surface area contributed by atoms with Gasteiger partial charge in [0.25, 0.3) is 5.69 Å². The first-order chi connectivity index (χ1) is 10.9. The number of carbonyl (C=O) groups is 1. The van der Waals surface area contributed by atoms with E-state index >= 15 is 0 Å². The number of esters is 1. The molecule has 1 aromatic heterocycles. The summed E-state index contributed by atoms with van der Waals surface area (Å²) >= 11 is 9.16. The second kappa shape index (κ2) is 7.38. The predicted molar refractivity (Wildman–Crippen MR) is 88.7 cm³/mol. The van der Waals surface area contributed by atoms with Crippen LogP contribution in [0.25, 0.3) is 0 Å². The second-order valence-electron chi connectivity index (χ2n) is 4.39. The Labute approximate surface area is 144 Å². The van der Waals surface area contributed by atoms with Gasteiger partial charge in [-0.25, -0.2) is 9.78 Å². The minimum absolute atomic E-state index is 0.00414. The van der Waals surface area contributed by atoms with Crippen LogP contribution in [0.3, 0.4) is 0 Å². The zero-order valence-electron chi connectivity index (χ0n) is 11.9. The smallest absolute Gasteiger partial charge is 0.357 e. The summed E-state index contributed by atoms with van der Waals surface area (Å²) in [4.78, 5) is 26.1. The summed E-state index contributed by atoms with van der Waals surface area (Å²) in [7, 11) is 1.23. The maximum atomic E-state index is 11.7. The molecule has 0 saturated heterocycles. The van der Waals surface area contributed by atoms with Gasteiger partial charge >= 0.3 is 5.97 Å².